The largest absolute Gasteiger partial charge is 0.376 e. The quantitative estimate of drug-likeness (QED) is 0.716. The van der Waals surface area contributed by atoms with Crippen molar-refractivity contribution in [1.29, 1.82) is 0 Å². The van der Waals surface area contributed by atoms with Crippen LogP contribution < -0.4 is 16.0 Å². The fourth-order valence-electron chi connectivity index (χ4n) is 1.86. The van der Waals surface area contributed by atoms with Crippen LogP contribution in [0.2, 0.25) is 0 Å². The van der Waals surface area contributed by atoms with Crippen molar-refractivity contribution in [3.63, 3.8) is 0 Å². The van der Waals surface area contributed by atoms with Gasteiger partial charge in [0, 0.05) is 24.3 Å². The van der Waals surface area contributed by atoms with Gasteiger partial charge in [-0.25, -0.2) is 0 Å². The zero-order valence-electron chi connectivity index (χ0n) is 12.3. The molecule has 2 amide bonds. The van der Waals surface area contributed by atoms with Crippen molar-refractivity contribution >= 4 is 23.2 Å². The SMILES string of the molecule is CCC(CC)NC(=O)CNc1cccc(NC(C)=O)c1. The normalized spacial score (nSPS) is 10.2. The van der Waals surface area contributed by atoms with Crippen molar-refractivity contribution in [3.8, 4) is 0 Å². The molecule has 0 saturated carbocycles. The molecule has 5 heteroatoms. The van der Waals surface area contributed by atoms with E-state index >= 15 is 0 Å². The third-order valence-electron chi connectivity index (χ3n) is 2.99. The van der Waals surface area contributed by atoms with E-state index in [1.165, 1.54) is 6.92 Å². The summed E-state index contributed by atoms with van der Waals surface area (Å²) in [6.07, 6.45) is 1.86. The number of benzene rings is 1. The van der Waals surface area contributed by atoms with Gasteiger partial charge in [-0.3, -0.25) is 9.59 Å². The van der Waals surface area contributed by atoms with Gasteiger partial charge < -0.3 is 16.0 Å². The lowest BCUT2D eigenvalue weighted by atomic mass is 10.2. The molecule has 1 aromatic carbocycles. The van der Waals surface area contributed by atoms with Crippen molar-refractivity contribution in [3.05, 3.63) is 24.3 Å². The van der Waals surface area contributed by atoms with Gasteiger partial charge in [-0.2, -0.15) is 0 Å². The van der Waals surface area contributed by atoms with Crippen LogP contribution in [0.1, 0.15) is 33.6 Å². The van der Waals surface area contributed by atoms with Crippen LogP contribution in [0, 0.1) is 0 Å². The highest BCUT2D eigenvalue weighted by molar-refractivity contribution is 5.89. The Morgan fingerprint density at radius 2 is 1.80 bits per heavy atom. The van der Waals surface area contributed by atoms with Crippen LogP contribution >= 0.6 is 0 Å². The lowest BCUT2D eigenvalue weighted by Gasteiger charge is -2.15. The van der Waals surface area contributed by atoms with Crippen LogP contribution in [0.4, 0.5) is 11.4 Å². The van der Waals surface area contributed by atoms with E-state index in [2.05, 4.69) is 29.8 Å². The Hall–Kier alpha value is -2.04. The van der Waals surface area contributed by atoms with Crippen LogP contribution in [0.25, 0.3) is 0 Å². The average molecular weight is 277 g/mol. The molecule has 0 unspecified atom stereocenters. The first-order valence-electron chi connectivity index (χ1n) is 6.96. The Morgan fingerprint density at radius 3 is 2.40 bits per heavy atom. The topological polar surface area (TPSA) is 70.2 Å². The summed E-state index contributed by atoms with van der Waals surface area (Å²) in [5.41, 5.74) is 1.51. The summed E-state index contributed by atoms with van der Waals surface area (Å²) in [5, 5.41) is 8.71. The highest BCUT2D eigenvalue weighted by Crippen LogP contribution is 2.14. The minimum Gasteiger partial charge on any atom is -0.376 e. The predicted molar refractivity (Wildman–Crippen MR) is 81.7 cm³/mol. The maximum Gasteiger partial charge on any atom is 0.239 e. The predicted octanol–water partition coefficient (Wildman–Crippen LogP) is 2.36. The second-order valence-corrected chi connectivity index (χ2v) is 4.70. The van der Waals surface area contributed by atoms with Gasteiger partial charge in [-0.15, -0.1) is 0 Å². The molecular formula is C15H23N3O2. The molecule has 0 aliphatic carbocycles. The summed E-state index contributed by atoms with van der Waals surface area (Å²) >= 11 is 0. The van der Waals surface area contributed by atoms with E-state index in [4.69, 9.17) is 0 Å². The number of carbonyl (C=O) groups excluding carboxylic acids is 2. The first-order chi connectivity index (χ1) is 9.55. The summed E-state index contributed by atoms with van der Waals surface area (Å²) in [7, 11) is 0. The molecule has 0 heterocycles. The smallest absolute Gasteiger partial charge is 0.239 e. The van der Waals surface area contributed by atoms with E-state index in [-0.39, 0.29) is 24.4 Å². The van der Waals surface area contributed by atoms with Crippen molar-refractivity contribution < 1.29 is 9.59 Å². The van der Waals surface area contributed by atoms with Crippen molar-refractivity contribution in [1.82, 2.24) is 5.32 Å². The van der Waals surface area contributed by atoms with Crippen LogP contribution in [0.5, 0.6) is 0 Å². The van der Waals surface area contributed by atoms with Gasteiger partial charge in [0.25, 0.3) is 0 Å². The fourth-order valence-corrected chi connectivity index (χ4v) is 1.86. The van der Waals surface area contributed by atoms with E-state index in [1.54, 1.807) is 12.1 Å². The summed E-state index contributed by atoms with van der Waals surface area (Å²) < 4.78 is 0. The highest BCUT2D eigenvalue weighted by Gasteiger charge is 2.07. The van der Waals surface area contributed by atoms with Crippen LogP contribution in [-0.2, 0) is 9.59 Å². The first kappa shape index (κ1) is 16.0. The molecule has 0 aliphatic heterocycles. The van der Waals surface area contributed by atoms with Gasteiger partial charge in [0.1, 0.15) is 0 Å². The Balaban J connectivity index is 2.48. The van der Waals surface area contributed by atoms with Crippen molar-refractivity contribution in [2.45, 2.75) is 39.7 Å². The van der Waals surface area contributed by atoms with Gasteiger partial charge in [-0.05, 0) is 31.0 Å². The highest BCUT2D eigenvalue weighted by atomic mass is 16.2. The van der Waals surface area contributed by atoms with E-state index in [1.807, 2.05) is 12.1 Å². The molecule has 3 N–H and O–H groups in total. The molecule has 1 aromatic rings. The minimum atomic E-state index is -0.117. The van der Waals surface area contributed by atoms with E-state index in [9.17, 15) is 9.59 Å². The third kappa shape index (κ3) is 5.73. The van der Waals surface area contributed by atoms with E-state index < -0.39 is 0 Å². The molecule has 110 valence electrons. The summed E-state index contributed by atoms with van der Waals surface area (Å²) in [6, 6.07) is 7.51. The minimum absolute atomic E-state index is 0.0244. The Morgan fingerprint density at radius 1 is 1.15 bits per heavy atom. The average Bonchev–Trinajstić information content (AvgIpc) is 2.42. The molecule has 1 rings (SSSR count). The Labute approximate surface area is 120 Å². The number of nitrogens with one attached hydrogen (secondary N) is 3. The number of anilines is 2. The molecule has 20 heavy (non-hydrogen) atoms. The van der Waals surface area contributed by atoms with Crippen LogP contribution in [0.15, 0.2) is 24.3 Å². The molecule has 0 spiro atoms. The van der Waals surface area contributed by atoms with E-state index in [0.717, 1.165) is 18.5 Å². The molecule has 5 nitrogen and oxygen atoms in total. The van der Waals surface area contributed by atoms with Crippen molar-refractivity contribution in [2.24, 2.45) is 0 Å². The lowest BCUT2D eigenvalue weighted by Crippen LogP contribution is -2.37. The van der Waals surface area contributed by atoms with Gasteiger partial charge in [0.15, 0.2) is 0 Å². The van der Waals surface area contributed by atoms with Gasteiger partial charge in [-0.1, -0.05) is 19.9 Å². The Kier molecular flexibility index (Phi) is 6.56. The van der Waals surface area contributed by atoms with Crippen LogP contribution in [0.3, 0.4) is 0 Å². The number of rotatable bonds is 7. The molecule has 0 bridgehead atoms. The summed E-state index contributed by atoms with van der Waals surface area (Å²) in [6.45, 7) is 5.79. The summed E-state index contributed by atoms with van der Waals surface area (Å²) in [5.74, 6) is -0.141. The molecule has 0 fully saturated rings. The number of hydrogen-bond donors (Lipinski definition) is 3. The molecule has 0 aliphatic rings. The number of carbonyl (C=O) groups is 2. The molecule has 0 saturated heterocycles. The zero-order valence-corrected chi connectivity index (χ0v) is 12.3. The maximum absolute atomic E-state index is 11.8. The maximum atomic E-state index is 11.8. The second kappa shape index (κ2) is 8.19. The third-order valence-corrected chi connectivity index (χ3v) is 2.99. The second-order valence-electron chi connectivity index (χ2n) is 4.70. The Bertz CT molecular complexity index is 456. The standard InChI is InChI=1S/C15H23N3O2/c1-4-12(5-2)18-15(20)10-16-13-7-6-8-14(9-13)17-11(3)19/h6-9,12,16H,4-5,10H2,1-3H3,(H,17,19)(H,18,20). The number of amides is 2. The molecular weight excluding hydrogens is 254 g/mol. The van der Waals surface area contributed by atoms with Crippen LogP contribution in [-0.4, -0.2) is 24.4 Å². The molecule has 0 atom stereocenters. The van der Waals surface area contributed by atoms with E-state index in [0.29, 0.717) is 5.69 Å². The fraction of sp³-hybridized carbons (Fsp3) is 0.467. The molecule has 0 radical (unpaired) electrons. The first-order valence-corrected chi connectivity index (χ1v) is 6.96. The molecule has 0 aromatic heterocycles. The monoisotopic (exact) mass is 277 g/mol. The zero-order chi connectivity index (χ0) is 15.0. The van der Waals surface area contributed by atoms with Gasteiger partial charge >= 0.3 is 0 Å². The lowest BCUT2D eigenvalue weighted by molar-refractivity contribution is -0.120. The van der Waals surface area contributed by atoms with Crippen molar-refractivity contribution in [2.75, 3.05) is 17.2 Å². The van der Waals surface area contributed by atoms with Gasteiger partial charge in [0.05, 0.1) is 6.54 Å². The number of hydrogen-bond acceptors (Lipinski definition) is 3. The van der Waals surface area contributed by atoms with Gasteiger partial charge in [0.2, 0.25) is 11.8 Å². The summed E-state index contributed by atoms with van der Waals surface area (Å²) in [4.78, 5) is 22.7.